The van der Waals surface area contributed by atoms with Gasteiger partial charge in [0.15, 0.2) is 0 Å². The fourth-order valence-corrected chi connectivity index (χ4v) is 2.92. The van der Waals surface area contributed by atoms with Gasteiger partial charge in [0.25, 0.3) is 0 Å². The first kappa shape index (κ1) is 9.80. The maximum atomic E-state index is 11.9. The highest BCUT2D eigenvalue weighted by Gasteiger charge is 2.25. The number of aromatic nitrogens is 1. The van der Waals surface area contributed by atoms with Crippen LogP contribution in [0.3, 0.4) is 0 Å². The van der Waals surface area contributed by atoms with Crippen molar-refractivity contribution in [3.8, 4) is 0 Å². The normalized spacial score (nSPS) is 21.1. The van der Waals surface area contributed by atoms with Crippen LogP contribution in [0.15, 0.2) is 23.4 Å². The highest BCUT2D eigenvalue weighted by molar-refractivity contribution is 7.83. The monoisotopic (exact) mass is 210 g/mol. The molecular formula is C10H14N2OS. The summed E-state index contributed by atoms with van der Waals surface area (Å²) < 4.78 is 13.9. The summed E-state index contributed by atoms with van der Waals surface area (Å²) in [4.78, 5) is 4.89. The van der Waals surface area contributed by atoms with Crippen molar-refractivity contribution >= 4 is 11.0 Å². The molecule has 0 radical (unpaired) electrons. The lowest BCUT2D eigenvalue weighted by Gasteiger charge is -2.11. The highest BCUT2D eigenvalue weighted by Crippen LogP contribution is 2.25. The molecule has 0 fully saturated rings. The number of nitrogens with zero attached hydrogens (tertiary/aromatic N) is 2. The van der Waals surface area contributed by atoms with Gasteiger partial charge in [0.1, 0.15) is 11.0 Å². The second kappa shape index (κ2) is 4.19. The van der Waals surface area contributed by atoms with Crippen LogP contribution in [0, 0.1) is 0 Å². The summed E-state index contributed by atoms with van der Waals surface area (Å²) >= 11 is 0. The molecule has 1 aliphatic rings. The smallest absolute Gasteiger partial charge is 0.129 e. The molecule has 0 N–H and O–H groups in total. The predicted molar refractivity (Wildman–Crippen MR) is 56.0 cm³/mol. The maximum absolute atomic E-state index is 11.9. The summed E-state index contributed by atoms with van der Waals surface area (Å²) in [6.07, 6.45) is 5.73. The van der Waals surface area contributed by atoms with E-state index in [-0.39, 0.29) is 0 Å². The van der Waals surface area contributed by atoms with Crippen LogP contribution >= 0.6 is 0 Å². The molecule has 1 unspecified atom stereocenters. The lowest BCUT2D eigenvalue weighted by atomic mass is 10.2. The molecule has 3 nitrogen and oxygen atoms in total. The molecule has 0 saturated carbocycles. The first-order chi connectivity index (χ1) is 6.83. The molecule has 0 spiro atoms. The zero-order valence-electron chi connectivity index (χ0n) is 8.27. The molecule has 2 rings (SSSR count). The molecule has 0 amide bonds. The molecule has 0 aromatic carbocycles. The number of hydrogen-bond donors (Lipinski definition) is 0. The fraction of sp³-hybridized carbons (Fsp3) is 0.500. The second-order valence-corrected chi connectivity index (χ2v) is 4.90. The molecule has 4 heteroatoms. The number of unbranched alkanes of at least 4 members (excludes halogenated alkanes) is 1. The van der Waals surface area contributed by atoms with E-state index >= 15 is 0 Å². The topological polar surface area (TPSA) is 33.2 Å². The average molecular weight is 210 g/mol. The Morgan fingerprint density at radius 3 is 3.21 bits per heavy atom. The molecule has 14 heavy (non-hydrogen) atoms. The molecule has 2 heterocycles. The van der Waals surface area contributed by atoms with Gasteiger partial charge < -0.3 is 0 Å². The average Bonchev–Trinajstić information content (AvgIpc) is 2.54. The van der Waals surface area contributed by atoms with Crippen molar-refractivity contribution in [2.45, 2.75) is 31.2 Å². The van der Waals surface area contributed by atoms with Gasteiger partial charge in [0.05, 0.1) is 4.90 Å². The van der Waals surface area contributed by atoms with Crippen LogP contribution < -0.4 is 0 Å². The summed E-state index contributed by atoms with van der Waals surface area (Å²) in [5.74, 6) is 0. The van der Waals surface area contributed by atoms with Gasteiger partial charge in [0, 0.05) is 25.5 Å². The number of pyridine rings is 1. The molecule has 0 bridgehead atoms. The van der Waals surface area contributed by atoms with Gasteiger partial charge in [0.2, 0.25) is 0 Å². The van der Waals surface area contributed by atoms with Crippen molar-refractivity contribution in [2.24, 2.45) is 0 Å². The van der Waals surface area contributed by atoms with Gasteiger partial charge in [-0.15, -0.1) is 0 Å². The molecule has 1 aliphatic heterocycles. The molecule has 0 aliphatic carbocycles. The minimum absolute atomic E-state index is 0.810. The van der Waals surface area contributed by atoms with Crippen LogP contribution in [-0.2, 0) is 17.5 Å². The third kappa shape index (κ3) is 1.72. The van der Waals surface area contributed by atoms with E-state index in [0.717, 1.165) is 36.4 Å². The van der Waals surface area contributed by atoms with Crippen molar-refractivity contribution in [1.29, 1.82) is 0 Å². The van der Waals surface area contributed by atoms with Crippen LogP contribution in [0.1, 0.15) is 25.3 Å². The third-order valence-electron chi connectivity index (χ3n) is 2.40. The largest absolute Gasteiger partial charge is 0.263 e. The second-order valence-electron chi connectivity index (χ2n) is 3.45. The van der Waals surface area contributed by atoms with E-state index in [2.05, 4.69) is 11.9 Å². The molecule has 76 valence electrons. The molecule has 0 saturated heterocycles. The van der Waals surface area contributed by atoms with Gasteiger partial charge in [-0.25, -0.2) is 8.51 Å². The Kier molecular flexibility index (Phi) is 2.93. The Morgan fingerprint density at radius 2 is 2.50 bits per heavy atom. The van der Waals surface area contributed by atoms with E-state index in [0.29, 0.717) is 0 Å². The summed E-state index contributed by atoms with van der Waals surface area (Å²) in [5, 5.41) is 0. The molecule has 1 aromatic rings. The van der Waals surface area contributed by atoms with E-state index in [1.165, 1.54) is 0 Å². The summed E-state index contributed by atoms with van der Waals surface area (Å²) in [6, 6.07) is 1.96. The summed E-state index contributed by atoms with van der Waals surface area (Å²) in [7, 11) is -0.966. The molecule has 1 atom stereocenters. The van der Waals surface area contributed by atoms with E-state index in [9.17, 15) is 4.21 Å². The van der Waals surface area contributed by atoms with Gasteiger partial charge >= 0.3 is 0 Å². The van der Waals surface area contributed by atoms with Gasteiger partial charge in [-0.1, -0.05) is 13.3 Å². The van der Waals surface area contributed by atoms with Crippen LogP contribution in [0.5, 0.6) is 0 Å². The number of fused-ring (bicyclic) bond motifs is 1. The zero-order valence-corrected chi connectivity index (χ0v) is 9.09. The van der Waals surface area contributed by atoms with Crippen LogP contribution in [0.25, 0.3) is 0 Å². The van der Waals surface area contributed by atoms with Gasteiger partial charge in [-0.2, -0.15) is 0 Å². The van der Waals surface area contributed by atoms with E-state index < -0.39 is 11.0 Å². The quantitative estimate of drug-likeness (QED) is 0.761. The Hall–Kier alpha value is -0.740. The fourth-order valence-electron chi connectivity index (χ4n) is 1.58. The van der Waals surface area contributed by atoms with E-state index in [4.69, 9.17) is 0 Å². The Labute approximate surface area is 86.7 Å². The summed E-state index contributed by atoms with van der Waals surface area (Å²) in [5.41, 5.74) is 1.16. The van der Waals surface area contributed by atoms with Crippen LogP contribution in [0.2, 0.25) is 0 Å². The lowest BCUT2D eigenvalue weighted by Crippen LogP contribution is -2.20. The van der Waals surface area contributed by atoms with Gasteiger partial charge in [-0.3, -0.25) is 4.98 Å². The number of hydrogen-bond acceptors (Lipinski definition) is 2. The van der Waals surface area contributed by atoms with Crippen LogP contribution in [-0.4, -0.2) is 20.0 Å². The molecule has 1 aromatic heterocycles. The van der Waals surface area contributed by atoms with E-state index in [1.807, 2.05) is 10.4 Å². The first-order valence-corrected chi connectivity index (χ1v) is 6.03. The minimum atomic E-state index is -0.966. The summed E-state index contributed by atoms with van der Waals surface area (Å²) in [6.45, 7) is 3.87. The predicted octanol–water partition coefficient (Wildman–Crippen LogP) is 1.72. The number of rotatable bonds is 3. The Morgan fingerprint density at radius 1 is 1.64 bits per heavy atom. The standard InChI is InChI=1S/C10H14N2OS/c1-2-3-6-12-8-9-4-5-11-7-10(9)14(12)13/h4-5,7H,2-3,6,8H2,1H3. The van der Waals surface area contributed by atoms with E-state index in [1.54, 1.807) is 12.4 Å². The third-order valence-corrected chi connectivity index (χ3v) is 3.93. The Bertz CT molecular complexity index is 354. The zero-order chi connectivity index (χ0) is 9.97. The minimum Gasteiger partial charge on any atom is -0.263 e. The maximum Gasteiger partial charge on any atom is 0.129 e. The highest BCUT2D eigenvalue weighted by atomic mass is 32.2. The molecular weight excluding hydrogens is 196 g/mol. The first-order valence-electron chi connectivity index (χ1n) is 4.92. The van der Waals surface area contributed by atoms with Crippen molar-refractivity contribution in [2.75, 3.05) is 6.54 Å². The SMILES string of the molecule is CCCCN1Cc2ccncc2S1=O. The van der Waals surface area contributed by atoms with Crippen LogP contribution in [0.4, 0.5) is 0 Å². The van der Waals surface area contributed by atoms with Crippen molar-refractivity contribution < 1.29 is 4.21 Å². The van der Waals surface area contributed by atoms with Crippen molar-refractivity contribution in [3.63, 3.8) is 0 Å². The van der Waals surface area contributed by atoms with Crippen molar-refractivity contribution in [1.82, 2.24) is 9.29 Å². The Balaban J connectivity index is 2.13. The van der Waals surface area contributed by atoms with Gasteiger partial charge in [-0.05, 0) is 18.1 Å². The van der Waals surface area contributed by atoms with Crippen molar-refractivity contribution in [3.05, 3.63) is 24.0 Å². The lowest BCUT2D eigenvalue weighted by molar-refractivity contribution is 0.443.